The zero-order valence-electron chi connectivity index (χ0n) is 18.4. The molecule has 3 aromatic rings. The van der Waals surface area contributed by atoms with Gasteiger partial charge in [0.15, 0.2) is 0 Å². The summed E-state index contributed by atoms with van der Waals surface area (Å²) in [6, 6.07) is 12.5. The van der Waals surface area contributed by atoms with Crippen molar-refractivity contribution in [2.45, 2.75) is 19.0 Å². The highest BCUT2D eigenvalue weighted by Gasteiger charge is 2.42. The largest absolute Gasteiger partial charge is 0.497 e. The molecule has 0 aliphatic carbocycles. The molecule has 0 saturated carbocycles. The van der Waals surface area contributed by atoms with Crippen molar-refractivity contribution < 1.29 is 13.9 Å². The van der Waals surface area contributed by atoms with Crippen molar-refractivity contribution in [1.29, 1.82) is 0 Å². The standard InChI is InChI=1S/C25H26FN5O2/c1-33-19-7-6-17-12-20(25(32)29-14-18-4-2-3-5-21(18)26)23-16-30(24-15-27-8-9-28-24)10-11-31(23)22(17)13-19/h2-9,13,15,20,23H,10-12,14,16H2,1H3,(H,29,32)/t20-,23-/m0/s1. The highest BCUT2D eigenvalue weighted by atomic mass is 19.1. The van der Waals surface area contributed by atoms with Gasteiger partial charge >= 0.3 is 0 Å². The van der Waals surface area contributed by atoms with E-state index in [0.717, 1.165) is 35.9 Å². The van der Waals surface area contributed by atoms with Gasteiger partial charge in [0.05, 0.1) is 25.3 Å². The van der Waals surface area contributed by atoms with Gasteiger partial charge in [-0.25, -0.2) is 9.37 Å². The third kappa shape index (κ3) is 4.20. The molecule has 2 aliphatic rings. The zero-order valence-corrected chi connectivity index (χ0v) is 18.4. The molecule has 2 aliphatic heterocycles. The van der Waals surface area contributed by atoms with E-state index in [-0.39, 0.29) is 30.2 Å². The number of amides is 1. The Bertz CT molecular complexity index is 1140. The minimum atomic E-state index is -0.313. The fourth-order valence-corrected chi connectivity index (χ4v) is 4.82. The Hall–Kier alpha value is -3.68. The van der Waals surface area contributed by atoms with E-state index in [0.29, 0.717) is 18.5 Å². The summed E-state index contributed by atoms with van der Waals surface area (Å²) in [4.78, 5) is 26.5. The smallest absolute Gasteiger partial charge is 0.225 e. The van der Waals surface area contributed by atoms with Crippen molar-refractivity contribution in [2.75, 3.05) is 36.5 Å². The predicted molar refractivity (Wildman–Crippen MR) is 124 cm³/mol. The summed E-state index contributed by atoms with van der Waals surface area (Å²) in [6.45, 7) is 2.33. The minimum absolute atomic E-state index is 0.0546. The summed E-state index contributed by atoms with van der Waals surface area (Å²) in [6.07, 6.45) is 5.70. The fraction of sp³-hybridized carbons (Fsp3) is 0.320. The van der Waals surface area contributed by atoms with Gasteiger partial charge in [-0.15, -0.1) is 0 Å². The number of ether oxygens (including phenoxy) is 1. The van der Waals surface area contributed by atoms with E-state index in [2.05, 4.69) is 25.1 Å². The lowest BCUT2D eigenvalue weighted by Crippen LogP contribution is -2.61. The van der Waals surface area contributed by atoms with Crippen LogP contribution >= 0.6 is 0 Å². The molecule has 1 fully saturated rings. The normalized spacial score (nSPS) is 19.5. The number of halogens is 1. The van der Waals surface area contributed by atoms with Crippen molar-refractivity contribution in [3.8, 4) is 5.75 Å². The number of carbonyl (C=O) groups excluding carboxylic acids is 1. The van der Waals surface area contributed by atoms with Crippen LogP contribution in [0.3, 0.4) is 0 Å². The van der Waals surface area contributed by atoms with E-state index in [4.69, 9.17) is 4.74 Å². The van der Waals surface area contributed by atoms with E-state index in [1.807, 2.05) is 18.2 Å². The summed E-state index contributed by atoms with van der Waals surface area (Å²) in [7, 11) is 1.66. The molecule has 1 saturated heterocycles. The minimum Gasteiger partial charge on any atom is -0.497 e. The number of anilines is 2. The number of nitrogens with one attached hydrogen (secondary N) is 1. The van der Waals surface area contributed by atoms with Gasteiger partial charge < -0.3 is 19.9 Å². The molecule has 2 aromatic carbocycles. The van der Waals surface area contributed by atoms with Crippen LogP contribution in [0, 0.1) is 11.7 Å². The molecule has 170 valence electrons. The second-order valence-electron chi connectivity index (χ2n) is 8.38. The van der Waals surface area contributed by atoms with E-state index in [1.54, 1.807) is 43.9 Å². The van der Waals surface area contributed by atoms with Gasteiger partial charge in [-0.05, 0) is 24.1 Å². The number of fused-ring (bicyclic) bond motifs is 3. The summed E-state index contributed by atoms with van der Waals surface area (Å²) >= 11 is 0. The molecular weight excluding hydrogens is 421 g/mol. The van der Waals surface area contributed by atoms with Crippen molar-refractivity contribution >= 4 is 17.4 Å². The molecule has 1 amide bonds. The second-order valence-corrected chi connectivity index (χ2v) is 8.38. The molecule has 0 bridgehead atoms. The van der Waals surface area contributed by atoms with Gasteiger partial charge in [0.25, 0.3) is 0 Å². The average molecular weight is 448 g/mol. The van der Waals surface area contributed by atoms with E-state index < -0.39 is 0 Å². The molecule has 0 radical (unpaired) electrons. The maximum Gasteiger partial charge on any atom is 0.225 e. The number of piperazine rings is 1. The van der Waals surface area contributed by atoms with E-state index >= 15 is 0 Å². The monoisotopic (exact) mass is 447 g/mol. The van der Waals surface area contributed by atoms with Gasteiger partial charge in [0.1, 0.15) is 17.4 Å². The number of hydrogen-bond acceptors (Lipinski definition) is 6. The van der Waals surface area contributed by atoms with Crippen LogP contribution in [-0.2, 0) is 17.8 Å². The molecule has 7 nitrogen and oxygen atoms in total. The van der Waals surface area contributed by atoms with Crippen LogP contribution in [0.1, 0.15) is 11.1 Å². The number of benzene rings is 2. The van der Waals surface area contributed by atoms with Crippen LogP contribution in [0.5, 0.6) is 5.75 Å². The Morgan fingerprint density at radius 2 is 2.09 bits per heavy atom. The first-order valence-electron chi connectivity index (χ1n) is 11.1. The molecule has 0 unspecified atom stereocenters. The number of nitrogens with zero attached hydrogens (tertiary/aromatic N) is 4. The Kier molecular flexibility index (Phi) is 5.81. The van der Waals surface area contributed by atoms with Crippen LogP contribution in [0.15, 0.2) is 61.1 Å². The van der Waals surface area contributed by atoms with Crippen molar-refractivity contribution in [2.24, 2.45) is 5.92 Å². The molecule has 5 rings (SSSR count). The molecule has 2 atom stereocenters. The Morgan fingerprint density at radius 3 is 2.88 bits per heavy atom. The van der Waals surface area contributed by atoms with Crippen LogP contribution in [0.25, 0.3) is 0 Å². The topological polar surface area (TPSA) is 70.6 Å². The van der Waals surface area contributed by atoms with Crippen LogP contribution < -0.4 is 19.9 Å². The molecule has 33 heavy (non-hydrogen) atoms. The summed E-state index contributed by atoms with van der Waals surface area (Å²) in [5.41, 5.74) is 2.70. The van der Waals surface area contributed by atoms with E-state index in [9.17, 15) is 9.18 Å². The van der Waals surface area contributed by atoms with Gasteiger partial charge in [-0.2, -0.15) is 0 Å². The van der Waals surface area contributed by atoms with Crippen molar-refractivity contribution in [3.05, 3.63) is 78.0 Å². The van der Waals surface area contributed by atoms with Gasteiger partial charge in [0.2, 0.25) is 5.91 Å². The highest BCUT2D eigenvalue weighted by molar-refractivity contribution is 5.82. The molecule has 1 aromatic heterocycles. The van der Waals surface area contributed by atoms with Crippen LogP contribution in [-0.4, -0.2) is 48.7 Å². The Balaban J connectivity index is 1.42. The van der Waals surface area contributed by atoms with Crippen molar-refractivity contribution in [3.63, 3.8) is 0 Å². The van der Waals surface area contributed by atoms with Gasteiger partial charge in [-0.1, -0.05) is 24.3 Å². The van der Waals surface area contributed by atoms with Crippen LogP contribution in [0.2, 0.25) is 0 Å². The lowest BCUT2D eigenvalue weighted by molar-refractivity contribution is -0.126. The maximum atomic E-state index is 14.1. The summed E-state index contributed by atoms with van der Waals surface area (Å²) < 4.78 is 19.5. The second kappa shape index (κ2) is 9.05. The predicted octanol–water partition coefficient (Wildman–Crippen LogP) is 2.81. The Morgan fingerprint density at radius 1 is 1.21 bits per heavy atom. The highest BCUT2D eigenvalue weighted by Crippen LogP contribution is 2.38. The number of methoxy groups -OCH3 is 1. The molecule has 1 N–H and O–H groups in total. The summed E-state index contributed by atoms with van der Waals surface area (Å²) in [5.74, 6) is 0.935. The van der Waals surface area contributed by atoms with E-state index in [1.165, 1.54) is 6.07 Å². The number of aromatic nitrogens is 2. The molecule has 8 heteroatoms. The molecular formula is C25H26FN5O2. The summed E-state index contributed by atoms with van der Waals surface area (Å²) in [5, 5.41) is 2.97. The lowest BCUT2D eigenvalue weighted by Gasteiger charge is -2.49. The first-order chi connectivity index (χ1) is 16.1. The first-order valence-corrected chi connectivity index (χ1v) is 11.1. The SMILES string of the molecule is COc1ccc2c(c1)N1CCN(c3cnccn3)C[C@H]1[C@@H](C(=O)NCc1ccccc1F)C2. The molecule has 0 spiro atoms. The lowest BCUT2D eigenvalue weighted by atomic mass is 9.83. The average Bonchev–Trinajstić information content (AvgIpc) is 2.87. The maximum absolute atomic E-state index is 14.1. The number of hydrogen-bond donors (Lipinski definition) is 1. The zero-order chi connectivity index (χ0) is 22.8. The van der Waals surface area contributed by atoms with Crippen LogP contribution in [0.4, 0.5) is 15.9 Å². The fourth-order valence-electron chi connectivity index (χ4n) is 4.82. The quantitative estimate of drug-likeness (QED) is 0.649. The van der Waals surface area contributed by atoms with Gasteiger partial charge in [0, 0.05) is 55.9 Å². The third-order valence-corrected chi connectivity index (χ3v) is 6.55. The number of rotatable bonds is 5. The first kappa shape index (κ1) is 21.2. The van der Waals surface area contributed by atoms with Gasteiger partial charge in [-0.3, -0.25) is 9.78 Å². The Labute approximate surface area is 192 Å². The number of carbonyl (C=O) groups is 1. The molecule has 3 heterocycles. The van der Waals surface area contributed by atoms with Crippen molar-refractivity contribution in [1.82, 2.24) is 15.3 Å². The third-order valence-electron chi connectivity index (χ3n) is 6.55.